The molecule has 6 heteroatoms. The molecule has 2 heterocycles. The highest BCUT2D eigenvalue weighted by molar-refractivity contribution is 6.11. The van der Waals surface area contributed by atoms with Crippen molar-refractivity contribution in [2.45, 2.75) is 39.7 Å². The number of morpholine rings is 1. The lowest BCUT2D eigenvalue weighted by atomic mass is 9.86. The van der Waals surface area contributed by atoms with Gasteiger partial charge in [0, 0.05) is 36.8 Å². The summed E-state index contributed by atoms with van der Waals surface area (Å²) in [5, 5.41) is 2.00. The van der Waals surface area contributed by atoms with Crippen molar-refractivity contribution in [1.29, 1.82) is 0 Å². The average Bonchev–Trinajstić information content (AvgIpc) is 2.90. The van der Waals surface area contributed by atoms with Gasteiger partial charge in [-0.3, -0.25) is 14.8 Å². The van der Waals surface area contributed by atoms with Crippen molar-refractivity contribution in [2.75, 3.05) is 31.2 Å². The molecule has 4 aromatic rings. The summed E-state index contributed by atoms with van der Waals surface area (Å²) in [5.41, 5.74) is 12.8. The Morgan fingerprint density at radius 1 is 0.974 bits per heavy atom. The average molecular weight is 509 g/mol. The van der Waals surface area contributed by atoms with E-state index < -0.39 is 6.03 Å². The molecule has 0 unspecified atom stereocenters. The quantitative estimate of drug-likeness (QED) is 0.332. The number of primary amides is 1. The van der Waals surface area contributed by atoms with Crippen LogP contribution in [0.5, 0.6) is 0 Å². The molecule has 5 rings (SSSR count). The van der Waals surface area contributed by atoms with E-state index in [0.29, 0.717) is 0 Å². The van der Waals surface area contributed by atoms with Gasteiger partial charge in [0.25, 0.3) is 0 Å². The van der Waals surface area contributed by atoms with Crippen molar-refractivity contribution in [1.82, 2.24) is 9.88 Å². The van der Waals surface area contributed by atoms with Gasteiger partial charge in [-0.25, -0.2) is 4.79 Å². The van der Waals surface area contributed by atoms with Crippen molar-refractivity contribution in [3.63, 3.8) is 0 Å². The fourth-order valence-electron chi connectivity index (χ4n) is 5.08. The van der Waals surface area contributed by atoms with Gasteiger partial charge in [0.2, 0.25) is 0 Å². The summed E-state index contributed by atoms with van der Waals surface area (Å²) >= 11 is 0. The van der Waals surface area contributed by atoms with E-state index in [1.165, 1.54) is 0 Å². The van der Waals surface area contributed by atoms with Crippen LogP contribution in [0.15, 0.2) is 72.9 Å². The van der Waals surface area contributed by atoms with E-state index in [4.69, 9.17) is 15.5 Å². The third-order valence-electron chi connectivity index (χ3n) is 7.30. The number of aromatic nitrogens is 1. The van der Waals surface area contributed by atoms with E-state index in [2.05, 4.69) is 68.1 Å². The van der Waals surface area contributed by atoms with E-state index in [0.717, 1.165) is 82.9 Å². The Kier molecular flexibility index (Phi) is 7.19. The Morgan fingerprint density at radius 3 is 2.37 bits per heavy atom. The normalized spacial score (nSPS) is 14.5. The number of ether oxygens (including phenoxy) is 1. The first-order valence-electron chi connectivity index (χ1n) is 13.2. The number of fused-ring (bicyclic) bond motifs is 1. The lowest BCUT2D eigenvalue weighted by Crippen LogP contribution is -2.35. The summed E-state index contributed by atoms with van der Waals surface area (Å²) in [6.45, 7) is 12.8. The molecule has 6 nitrogen and oxygen atoms in total. The first kappa shape index (κ1) is 25.9. The topological polar surface area (TPSA) is 71.7 Å². The van der Waals surface area contributed by atoms with Crippen LogP contribution in [0.1, 0.15) is 37.6 Å². The van der Waals surface area contributed by atoms with Crippen LogP contribution in [-0.4, -0.2) is 42.2 Å². The molecule has 1 aliphatic heterocycles. The Bertz CT molecular complexity index is 1450. The van der Waals surface area contributed by atoms with Gasteiger partial charge in [-0.15, -0.1) is 0 Å². The number of hydrogen-bond donors (Lipinski definition) is 1. The Balaban J connectivity index is 1.55. The van der Waals surface area contributed by atoms with Gasteiger partial charge in [0.15, 0.2) is 0 Å². The van der Waals surface area contributed by atoms with E-state index in [9.17, 15) is 4.79 Å². The highest BCUT2D eigenvalue weighted by atomic mass is 16.5. The number of anilines is 2. The van der Waals surface area contributed by atoms with E-state index in [-0.39, 0.29) is 5.41 Å². The molecule has 0 bridgehead atoms. The monoisotopic (exact) mass is 508 g/mol. The van der Waals surface area contributed by atoms with Gasteiger partial charge in [-0.1, -0.05) is 69.3 Å². The fraction of sp³-hybridized carbons (Fsp3) is 0.312. The molecule has 0 aliphatic carbocycles. The van der Waals surface area contributed by atoms with Gasteiger partial charge in [0.1, 0.15) is 0 Å². The van der Waals surface area contributed by atoms with Crippen molar-refractivity contribution in [2.24, 2.45) is 5.73 Å². The minimum absolute atomic E-state index is 0.0569. The molecule has 0 radical (unpaired) electrons. The molecule has 1 saturated heterocycles. The third-order valence-corrected chi connectivity index (χ3v) is 7.30. The van der Waals surface area contributed by atoms with E-state index in [1.54, 1.807) is 4.90 Å². The number of benzene rings is 3. The molecule has 2 amide bonds. The second kappa shape index (κ2) is 10.6. The number of rotatable bonds is 5. The highest BCUT2D eigenvalue weighted by Gasteiger charge is 2.23. The molecular weight excluding hydrogens is 472 g/mol. The summed E-state index contributed by atoms with van der Waals surface area (Å²) in [5.74, 6) is 0. The predicted molar refractivity (Wildman–Crippen MR) is 155 cm³/mol. The maximum absolute atomic E-state index is 12.9. The minimum atomic E-state index is -0.508. The smallest absolute Gasteiger partial charge is 0.323 e. The van der Waals surface area contributed by atoms with Crippen LogP contribution < -0.4 is 10.6 Å². The lowest BCUT2D eigenvalue weighted by Gasteiger charge is -2.28. The first-order chi connectivity index (χ1) is 18.2. The zero-order chi connectivity index (χ0) is 26.9. The van der Waals surface area contributed by atoms with Gasteiger partial charge in [-0.2, -0.15) is 0 Å². The Morgan fingerprint density at radius 2 is 1.71 bits per heavy atom. The van der Waals surface area contributed by atoms with Gasteiger partial charge in [0.05, 0.1) is 30.3 Å². The molecule has 0 spiro atoms. The SMILES string of the molecule is Cc1ccc(C(C)(C)C)cc1N(C(N)=O)c1ccc(-c2ccc(CN3CCOCC3)nc2)c2ccccc12. The highest BCUT2D eigenvalue weighted by Crippen LogP contribution is 2.39. The molecule has 1 aliphatic rings. The van der Waals surface area contributed by atoms with Gasteiger partial charge < -0.3 is 10.5 Å². The first-order valence-corrected chi connectivity index (χ1v) is 13.2. The molecule has 0 saturated carbocycles. The van der Waals surface area contributed by atoms with Crippen LogP contribution in [0.3, 0.4) is 0 Å². The maximum Gasteiger partial charge on any atom is 0.323 e. The summed E-state index contributed by atoms with van der Waals surface area (Å²) in [4.78, 5) is 21.7. The van der Waals surface area contributed by atoms with E-state index >= 15 is 0 Å². The summed E-state index contributed by atoms with van der Waals surface area (Å²) in [6, 6.07) is 22.2. The number of nitrogens with zero attached hydrogens (tertiary/aromatic N) is 3. The third kappa shape index (κ3) is 5.28. The van der Waals surface area contributed by atoms with Crippen LogP contribution >= 0.6 is 0 Å². The van der Waals surface area contributed by atoms with Crippen LogP contribution in [0.4, 0.5) is 16.2 Å². The largest absolute Gasteiger partial charge is 0.379 e. The molecule has 2 N–H and O–H groups in total. The number of nitrogens with two attached hydrogens (primary N) is 1. The molecule has 196 valence electrons. The van der Waals surface area contributed by atoms with Crippen molar-refractivity contribution in [3.8, 4) is 11.1 Å². The second-order valence-electron chi connectivity index (χ2n) is 11.0. The molecule has 38 heavy (non-hydrogen) atoms. The van der Waals surface area contributed by atoms with Gasteiger partial charge in [-0.05, 0) is 52.6 Å². The molecule has 0 atom stereocenters. The number of pyridine rings is 1. The molecular formula is C32H36N4O2. The maximum atomic E-state index is 12.9. The minimum Gasteiger partial charge on any atom is -0.379 e. The second-order valence-corrected chi connectivity index (χ2v) is 11.0. The van der Waals surface area contributed by atoms with Crippen LogP contribution in [-0.2, 0) is 16.7 Å². The number of amides is 2. The fourth-order valence-corrected chi connectivity index (χ4v) is 5.08. The van der Waals surface area contributed by atoms with Crippen molar-refractivity contribution >= 4 is 28.2 Å². The Labute approximate surface area is 225 Å². The van der Waals surface area contributed by atoms with Crippen LogP contribution in [0.2, 0.25) is 0 Å². The number of carbonyl (C=O) groups is 1. The van der Waals surface area contributed by atoms with Crippen molar-refractivity contribution < 1.29 is 9.53 Å². The summed E-state index contributed by atoms with van der Waals surface area (Å²) < 4.78 is 5.46. The lowest BCUT2D eigenvalue weighted by molar-refractivity contribution is 0.0336. The number of aryl methyl sites for hydroxylation is 1. The Hall–Kier alpha value is -3.74. The summed E-state index contributed by atoms with van der Waals surface area (Å²) in [6.07, 6.45) is 1.94. The van der Waals surface area contributed by atoms with Crippen LogP contribution in [0, 0.1) is 6.92 Å². The van der Waals surface area contributed by atoms with Gasteiger partial charge >= 0.3 is 6.03 Å². The zero-order valence-corrected chi connectivity index (χ0v) is 22.7. The van der Waals surface area contributed by atoms with E-state index in [1.807, 2.05) is 37.4 Å². The predicted octanol–water partition coefficient (Wildman–Crippen LogP) is 6.56. The molecule has 3 aromatic carbocycles. The molecule has 1 fully saturated rings. The number of urea groups is 1. The summed E-state index contributed by atoms with van der Waals surface area (Å²) in [7, 11) is 0. The van der Waals surface area contributed by atoms with Crippen LogP contribution in [0.25, 0.3) is 21.9 Å². The zero-order valence-electron chi connectivity index (χ0n) is 22.7. The van der Waals surface area contributed by atoms with Crippen molar-refractivity contribution in [3.05, 3.63) is 89.7 Å². The standard InChI is InChI=1S/C32H36N4O2/c1-22-9-11-24(32(2,3)4)19-30(22)36(31(33)37)29-14-13-26(27-7-5-6-8-28(27)29)23-10-12-25(34-20-23)21-35-15-17-38-18-16-35/h5-14,19-20H,15-18,21H2,1-4H3,(H2,33,37). The molecule has 1 aromatic heterocycles. The number of carbonyl (C=O) groups excluding carboxylic acids is 1. The number of hydrogen-bond acceptors (Lipinski definition) is 4.